The van der Waals surface area contributed by atoms with Crippen LogP contribution in [0.3, 0.4) is 0 Å². The molecular weight excluding hydrogens is 332 g/mol. The van der Waals surface area contributed by atoms with E-state index in [-0.39, 0.29) is 11.9 Å². The van der Waals surface area contributed by atoms with Gasteiger partial charge >= 0.3 is 0 Å². The second kappa shape index (κ2) is 7.09. The van der Waals surface area contributed by atoms with Gasteiger partial charge in [0, 0.05) is 24.5 Å². The molecule has 4 rings (SSSR count). The van der Waals surface area contributed by atoms with Crippen LogP contribution in [0, 0.1) is 5.92 Å². The quantitative estimate of drug-likeness (QED) is 0.715. The summed E-state index contributed by atoms with van der Waals surface area (Å²) >= 11 is 0. The lowest BCUT2D eigenvalue weighted by atomic mass is 10.1. The van der Waals surface area contributed by atoms with Crippen LogP contribution in [0.25, 0.3) is 5.69 Å². The summed E-state index contributed by atoms with van der Waals surface area (Å²) < 4.78 is 3.60. The number of rotatable bonds is 5. The zero-order valence-electron chi connectivity index (χ0n) is 14.1. The average molecular weight is 352 g/mol. The highest BCUT2D eigenvalue weighted by molar-refractivity contribution is 5.95. The first-order valence-corrected chi connectivity index (χ1v) is 8.60. The van der Waals surface area contributed by atoms with Crippen LogP contribution in [0.2, 0.25) is 0 Å². The van der Waals surface area contributed by atoms with E-state index in [0.717, 1.165) is 18.7 Å². The van der Waals surface area contributed by atoms with Crippen molar-refractivity contribution in [1.29, 1.82) is 0 Å². The Morgan fingerprint density at radius 3 is 2.96 bits per heavy atom. The Balaban J connectivity index is 1.41. The number of carbonyl (C=O) groups excluding carboxylic acids is 1. The van der Waals surface area contributed by atoms with Gasteiger partial charge in [-0.15, -0.1) is 5.10 Å². The number of imidazole rings is 1. The topological polar surface area (TPSA) is 97.9 Å². The van der Waals surface area contributed by atoms with Crippen molar-refractivity contribution < 1.29 is 9.90 Å². The molecule has 1 aliphatic rings. The molecule has 1 unspecified atom stereocenters. The Hall–Kier alpha value is -3.00. The van der Waals surface area contributed by atoms with E-state index >= 15 is 0 Å². The van der Waals surface area contributed by atoms with E-state index in [0.29, 0.717) is 17.9 Å². The molecular formula is C18H20N6O2. The second-order valence-electron chi connectivity index (χ2n) is 6.64. The molecule has 2 aromatic heterocycles. The van der Waals surface area contributed by atoms with Crippen molar-refractivity contribution in [3.63, 3.8) is 0 Å². The number of nitrogens with one attached hydrogen (secondary N) is 1. The molecule has 0 aliphatic heterocycles. The number of aromatic nitrogens is 5. The maximum atomic E-state index is 12.6. The van der Waals surface area contributed by atoms with Crippen molar-refractivity contribution in [2.24, 2.45) is 5.92 Å². The van der Waals surface area contributed by atoms with Crippen LogP contribution in [0.15, 0.2) is 55.4 Å². The van der Waals surface area contributed by atoms with Gasteiger partial charge in [-0.1, -0.05) is 11.3 Å². The van der Waals surface area contributed by atoms with Gasteiger partial charge in [-0.3, -0.25) is 4.79 Å². The third kappa shape index (κ3) is 3.50. The van der Waals surface area contributed by atoms with Crippen LogP contribution in [-0.4, -0.2) is 47.7 Å². The number of aliphatic hydroxyl groups excluding tert-OH is 1. The fourth-order valence-electron chi connectivity index (χ4n) is 3.50. The zero-order valence-corrected chi connectivity index (χ0v) is 14.1. The van der Waals surface area contributed by atoms with Crippen molar-refractivity contribution in [2.75, 3.05) is 0 Å². The van der Waals surface area contributed by atoms with Crippen molar-refractivity contribution in [3.8, 4) is 5.69 Å². The van der Waals surface area contributed by atoms with Crippen molar-refractivity contribution in [3.05, 3.63) is 60.9 Å². The van der Waals surface area contributed by atoms with Gasteiger partial charge < -0.3 is 15.0 Å². The molecule has 0 radical (unpaired) electrons. The van der Waals surface area contributed by atoms with Crippen molar-refractivity contribution in [2.45, 2.75) is 31.5 Å². The Morgan fingerprint density at radius 2 is 2.19 bits per heavy atom. The van der Waals surface area contributed by atoms with Crippen LogP contribution >= 0.6 is 0 Å². The van der Waals surface area contributed by atoms with Crippen molar-refractivity contribution in [1.82, 2.24) is 29.9 Å². The first-order chi connectivity index (χ1) is 12.7. The van der Waals surface area contributed by atoms with Gasteiger partial charge in [0.15, 0.2) is 0 Å². The smallest absolute Gasteiger partial charge is 0.251 e. The highest BCUT2D eigenvalue weighted by Crippen LogP contribution is 2.28. The lowest BCUT2D eigenvalue weighted by Crippen LogP contribution is -2.39. The van der Waals surface area contributed by atoms with E-state index in [1.807, 2.05) is 16.8 Å². The molecule has 1 fully saturated rings. The largest absolute Gasteiger partial charge is 0.391 e. The van der Waals surface area contributed by atoms with E-state index < -0.39 is 6.10 Å². The predicted molar refractivity (Wildman–Crippen MR) is 93.6 cm³/mol. The van der Waals surface area contributed by atoms with E-state index in [4.69, 9.17) is 0 Å². The Morgan fingerprint density at radius 1 is 1.27 bits per heavy atom. The van der Waals surface area contributed by atoms with Gasteiger partial charge in [-0.05, 0) is 37.0 Å². The molecule has 8 heteroatoms. The molecule has 1 saturated carbocycles. The molecule has 2 heterocycles. The number of hydrogen-bond acceptors (Lipinski definition) is 5. The lowest BCUT2D eigenvalue weighted by Gasteiger charge is -2.17. The standard InChI is InChI=1S/C18H20N6O2/c25-17-9-13(11-23-6-4-19-12-23)8-16(17)21-18(26)14-2-1-3-15(10-14)24-7-5-20-22-24/h1-7,10,12-13,16-17,25H,8-9,11H2,(H,21,26)/t13?,16-,17-/m1/s1. The van der Waals surface area contributed by atoms with Gasteiger partial charge in [-0.25, -0.2) is 9.67 Å². The fraction of sp³-hybridized carbons (Fsp3) is 0.333. The number of hydrogen-bond donors (Lipinski definition) is 2. The minimum Gasteiger partial charge on any atom is -0.391 e. The van der Waals surface area contributed by atoms with E-state index in [1.54, 1.807) is 47.8 Å². The van der Waals surface area contributed by atoms with Crippen LogP contribution in [0.5, 0.6) is 0 Å². The fourth-order valence-corrected chi connectivity index (χ4v) is 3.50. The molecule has 1 aliphatic carbocycles. The molecule has 2 N–H and O–H groups in total. The summed E-state index contributed by atoms with van der Waals surface area (Å²) in [5, 5.41) is 21.0. The molecule has 8 nitrogen and oxygen atoms in total. The Bertz CT molecular complexity index is 862. The number of aliphatic hydroxyl groups is 1. The summed E-state index contributed by atoms with van der Waals surface area (Å²) in [4.78, 5) is 16.6. The number of benzene rings is 1. The highest BCUT2D eigenvalue weighted by atomic mass is 16.3. The monoisotopic (exact) mass is 352 g/mol. The number of carbonyl (C=O) groups is 1. The maximum absolute atomic E-state index is 12.6. The van der Waals surface area contributed by atoms with Gasteiger partial charge in [0.2, 0.25) is 0 Å². The maximum Gasteiger partial charge on any atom is 0.251 e. The minimum absolute atomic E-state index is 0.195. The molecule has 3 aromatic rings. The van der Waals surface area contributed by atoms with Crippen LogP contribution in [0.4, 0.5) is 0 Å². The highest BCUT2D eigenvalue weighted by Gasteiger charge is 2.34. The van der Waals surface area contributed by atoms with Gasteiger partial charge in [-0.2, -0.15) is 0 Å². The summed E-state index contributed by atoms with van der Waals surface area (Å²) in [7, 11) is 0. The molecule has 26 heavy (non-hydrogen) atoms. The molecule has 0 bridgehead atoms. The average Bonchev–Trinajstić information content (AvgIpc) is 3.39. The summed E-state index contributed by atoms with van der Waals surface area (Å²) in [6.07, 6.45) is 9.61. The summed E-state index contributed by atoms with van der Waals surface area (Å²) in [6, 6.07) is 6.93. The summed E-state index contributed by atoms with van der Waals surface area (Å²) in [6.45, 7) is 0.797. The van der Waals surface area contributed by atoms with Crippen LogP contribution in [-0.2, 0) is 6.54 Å². The molecule has 1 aromatic carbocycles. The van der Waals surface area contributed by atoms with Gasteiger partial charge in [0.25, 0.3) is 5.91 Å². The van der Waals surface area contributed by atoms with Gasteiger partial charge in [0.05, 0.1) is 36.6 Å². The first-order valence-electron chi connectivity index (χ1n) is 8.60. The third-order valence-corrected chi connectivity index (χ3v) is 4.77. The van der Waals surface area contributed by atoms with Crippen LogP contribution < -0.4 is 5.32 Å². The van der Waals surface area contributed by atoms with Gasteiger partial charge in [0.1, 0.15) is 0 Å². The Kier molecular flexibility index (Phi) is 4.49. The first kappa shape index (κ1) is 16.5. The number of nitrogens with zero attached hydrogens (tertiary/aromatic N) is 5. The Labute approximate surface area is 150 Å². The molecule has 1 amide bonds. The van der Waals surface area contributed by atoms with E-state index in [9.17, 15) is 9.90 Å². The number of amides is 1. The second-order valence-corrected chi connectivity index (χ2v) is 6.64. The predicted octanol–water partition coefficient (Wildman–Crippen LogP) is 1.03. The normalized spacial score (nSPS) is 22.4. The minimum atomic E-state index is -0.536. The SMILES string of the molecule is O=C(N[C@@H]1CC(Cn2ccnc2)C[C@H]1O)c1cccc(-n2ccnn2)c1. The van der Waals surface area contributed by atoms with Crippen LogP contribution in [0.1, 0.15) is 23.2 Å². The molecule has 0 spiro atoms. The zero-order chi connectivity index (χ0) is 17.9. The summed E-state index contributed by atoms with van der Waals surface area (Å²) in [5.74, 6) is 0.116. The lowest BCUT2D eigenvalue weighted by molar-refractivity contribution is 0.0872. The third-order valence-electron chi connectivity index (χ3n) is 4.77. The van der Waals surface area contributed by atoms with E-state index in [1.165, 1.54) is 0 Å². The molecule has 3 atom stereocenters. The molecule has 134 valence electrons. The summed E-state index contributed by atoms with van der Waals surface area (Å²) in [5.41, 5.74) is 1.29. The van der Waals surface area contributed by atoms with Crippen molar-refractivity contribution >= 4 is 5.91 Å². The molecule has 0 saturated heterocycles. The van der Waals surface area contributed by atoms with E-state index in [2.05, 4.69) is 20.6 Å².